The Hall–Kier alpha value is -2.19. The smallest absolute Gasteiger partial charge is 0.293 e. The van der Waals surface area contributed by atoms with Gasteiger partial charge in [-0.05, 0) is 25.0 Å². The first-order chi connectivity index (χ1) is 11.5. The molecule has 24 heavy (non-hydrogen) atoms. The minimum absolute atomic E-state index is 0.172. The molecule has 2 aliphatic rings. The molecule has 8 heteroatoms. The Labute approximate surface area is 139 Å². The van der Waals surface area contributed by atoms with Crippen LogP contribution in [0.4, 0.5) is 11.4 Å². The van der Waals surface area contributed by atoms with Crippen molar-refractivity contribution in [2.75, 3.05) is 25.1 Å². The lowest BCUT2D eigenvalue weighted by Gasteiger charge is -2.32. The Morgan fingerprint density at radius 3 is 2.71 bits per heavy atom. The second-order valence-corrected chi connectivity index (χ2v) is 6.43. The maximum Gasteiger partial charge on any atom is 0.293 e. The predicted octanol–water partition coefficient (Wildman–Crippen LogP) is 1.44. The van der Waals surface area contributed by atoms with Gasteiger partial charge in [0.15, 0.2) is 0 Å². The third kappa shape index (κ3) is 4.01. The molecule has 1 heterocycles. The van der Waals surface area contributed by atoms with Gasteiger partial charge in [0.05, 0.1) is 10.5 Å². The van der Waals surface area contributed by atoms with E-state index >= 15 is 0 Å². The molecule has 1 aliphatic carbocycles. The topological polar surface area (TPSA) is 114 Å². The molecule has 3 rings (SSSR count). The number of carbonyl (C=O) groups excluding carboxylic acids is 1. The fourth-order valence-electron chi connectivity index (χ4n) is 2.66. The van der Waals surface area contributed by atoms with E-state index in [-0.39, 0.29) is 29.7 Å². The van der Waals surface area contributed by atoms with Crippen LogP contribution in [0.5, 0.6) is 0 Å². The number of hydrogen-bond donors (Lipinski definition) is 3. The Morgan fingerprint density at radius 1 is 1.38 bits per heavy atom. The van der Waals surface area contributed by atoms with Gasteiger partial charge >= 0.3 is 0 Å². The summed E-state index contributed by atoms with van der Waals surface area (Å²) in [6.45, 7) is 1.14. The molecule has 1 amide bonds. The van der Waals surface area contributed by atoms with Gasteiger partial charge in [-0.1, -0.05) is 0 Å². The lowest BCUT2D eigenvalue weighted by molar-refractivity contribution is -0.384. The van der Waals surface area contributed by atoms with Crippen LogP contribution in [0.15, 0.2) is 18.2 Å². The third-order valence-electron chi connectivity index (χ3n) is 4.40. The van der Waals surface area contributed by atoms with Crippen LogP contribution in [0.3, 0.4) is 0 Å². The first-order valence-electron chi connectivity index (χ1n) is 8.10. The van der Waals surface area contributed by atoms with E-state index in [1.807, 2.05) is 0 Å². The summed E-state index contributed by atoms with van der Waals surface area (Å²) in [5.41, 5.74) is -0.547. The third-order valence-corrected chi connectivity index (χ3v) is 4.40. The number of nitrogens with one attached hydrogen (secondary N) is 2. The molecule has 8 nitrogen and oxygen atoms in total. The largest absolute Gasteiger partial charge is 0.388 e. The molecule has 0 aromatic heterocycles. The van der Waals surface area contributed by atoms with E-state index in [0.717, 1.165) is 12.8 Å². The number of amides is 1. The number of aliphatic hydroxyl groups is 1. The van der Waals surface area contributed by atoms with Gasteiger partial charge in [-0.25, -0.2) is 0 Å². The molecule has 0 bridgehead atoms. The van der Waals surface area contributed by atoms with Crippen molar-refractivity contribution in [3.63, 3.8) is 0 Å². The second kappa shape index (κ2) is 6.74. The zero-order valence-electron chi connectivity index (χ0n) is 13.3. The Morgan fingerprint density at radius 2 is 2.08 bits per heavy atom. The minimum Gasteiger partial charge on any atom is -0.388 e. The molecule has 0 unspecified atom stereocenters. The molecule has 1 aromatic carbocycles. The fourth-order valence-corrected chi connectivity index (χ4v) is 2.66. The average Bonchev–Trinajstić information content (AvgIpc) is 3.37. The Balaban J connectivity index is 1.71. The summed E-state index contributed by atoms with van der Waals surface area (Å²) in [5.74, 6) is -0.296. The first kappa shape index (κ1) is 16.7. The van der Waals surface area contributed by atoms with E-state index in [2.05, 4.69) is 10.6 Å². The molecule has 130 valence electrons. The van der Waals surface area contributed by atoms with E-state index in [9.17, 15) is 20.0 Å². The van der Waals surface area contributed by atoms with Gasteiger partial charge < -0.3 is 20.5 Å². The standard InChI is InChI=1S/C16H21N3O5/c20-15(18-12-2-3-12)11-1-4-13(14(9-11)19(22)23)17-10-16(21)5-7-24-8-6-16/h1,4,9,12,17,21H,2-3,5-8,10H2,(H,18,20). The highest BCUT2D eigenvalue weighted by atomic mass is 16.6. The molecule has 1 aromatic rings. The molecule has 0 spiro atoms. The number of ether oxygens (including phenoxy) is 1. The van der Waals surface area contributed by atoms with Crippen LogP contribution in [0, 0.1) is 10.1 Å². The maximum atomic E-state index is 12.0. The maximum absolute atomic E-state index is 12.0. The van der Waals surface area contributed by atoms with Gasteiger partial charge in [-0.15, -0.1) is 0 Å². The number of hydrogen-bond acceptors (Lipinski definition) is 6. The van der Waals surface area contributed by atoms with Crippen LogP contribution in [-0.4, -0.2) is 47.3 Å². The zero-order chi connectivity index (χ0) is 17.2. The average molecular weight is 335 g/mol. The molecule has 0 radical (unpaired) electrons. The number of nitro groups is 1. The summed E-state index contributed by atoms with van der Waals surface area (Å²) < 4.78 is 5.22. The van der Waals surface area contributed by atoms with E-state index in [0.29, 0.717) is 31.7 Å². The molecular formula is C16H21N3O5. The minimum atomic E-state index is -0.936. The van der Waals surface area contributed by atoms with Crippen LogP contribution in [0.25, 0.3) is 0 Å². The normalized spacial score (nSPS) is 19.5. The van der Waals surface area contributed by atoms with Crippen LogP contribution in [-0.2, 0) is 4.74 Å². The summed E-state index contributed by atoms with van der Waals surface area (Å²) in [7, 11) is 0. The second-order valence-electron chi connectivity index (χ2n) is 6.43. The fraction of sp³-hybridized carbons (Fsp3) is 0.562. The molecular weight excluding hydrogens is 314 g/mol. The Bertz CT molecular complexity index is 639. The predicted molar refractivity (Wildman–Crippen MR) is 87.1 cm³/mol. The molecule has 1 saturated carbocycles. The lowest BCUT2D eigenvalue weighted by Crippen LogP contribution is -2.42. The summed E-state index contributed by atoms with van der Waals surface area (Å²) in [6, 6.07) is 4.54. The number of nitro benzene ring substituents is 1. The van der Waals surface area contributed by atoms with Crippen molar-refractivity contribution >= 4 is 17.3 Å². The molecule has 1 saturated heterocycles. The summed E-state index contributed by atoms with van der Waals surface area (Å²) in [5, 5.41) is 27.5. The number of anilines is 1. The van der Waals surface area contributed by atoms with Crippen molar-refractivity contribution in [3.05, 3.63) is 33.9 Å². The zero-order valence-corrected chi connectivity index (χ0v) is 13.3. The van der Waals surface area contributed by atoms with E-state index < -0.39 is 10.5 Å². The van der Waals surface area contributed by atoms with Gasteiger partial charge in [0.25, 0.3) is 11.6 Å². The number of rotatable bonds is 6. The highest BCUT2D eigenvalue weighted by Gasteiger charge is 2.30. The lowest BCUT2D eigenvalue weighted by atomic mass is 9.94. The van der Waals surface area contributed by atoms with Gasteiger partial charge in [0, 0.05) is 50.3 Å². The number of benzene rings is 1. The van der Waals surface area contributed by atoms with Crippen molar-refractivity contribution in [1.82, 2.24) is 5.32 Å². The number of carbonyl (C=O) groups is 1. The van der Waals surface area contributed by atoms with E-state index in [4.69, 9.17) is 4.74 Å². The van der Waals surface area contributed by atoms with Crippen molar-refractivity contribution in [1.29, 1.82) is 0 Å². The van der Waals surface area contributed by atoms with Crippen molar-refractivity contribution < 1.29 is 19.6 Å². The van der Waals surface area contributed by atoms with Crippen molar-refractivity contribution in [2.24, 2.45) is 0 Å². The van der Waals surface area contributed by atoms with Gasteiger partial charge in [-0.3, -0.25) is 14.9 Å². The molecule has 0 atom stereocenters. The van der Waals surface area contributed by atoms with Crippen molar-refractivity contribution in [2.45, 2.75) is 37.3 Å². The number of nitrogens with zero attached hydrogens (tertiary/aromatic N) is 1. The Kier molecular flexibility index (Phi) is 4.68. The highest BCUT2D eigenvalue weighted by molar-refractivity contribution is 5.96. The quantitative estimate of drug-likeness (QED) is 0.535. The monoisotopic (exact) mass is 335 g/mol. The molecule has 1 aliphatic heterocycles. The van der Waals surface area contributed by atoms with Gasteiger partial charge in [-0.2, -0.15) is 0 Å². The summed E-state index contributed by atoms with van der Waals surface area (Å²) >= 11 is 0. The van der Waals surface area contributed by atoms with Crippen molar-refractivity contribution in [3.8, 4) is 0 Å². The van der Waals surface area contributed by atoms with E-state index in [1.54, 1.807) is 6.07 Å². The highest BCUT2D eigenvalue weighted by Crippen LogP contribution is 2.28. The van der Waals surface area contributed by atoms with Gasteiger partial charge in [0.2, 0.25) is 0 Å². The summed E-state index contributed by atoms with van der Waals surface area (Å²) in [4.78, 5) is 22.8. The molecule has 3 N–H and O–H groups in total. The summed E-state index contributed by atoms with van der Waals surface area (Å²) in [6.07, 6.45) is 2.87. The first-order valence-corrected chi connectivity index (χ1v) is 8.10. The van der Waals surface area contributed by atoms with E-state index in [1.165, 1.54) is 12.1 Å². The molecule has 2 fully saturated rings. The van der Waals surface area contributed by atoms with Crippen LogP contribution in [0.2, 0.25) is 0 Å². The van der Waals surface area contributed by atoms with Gasteiger partial charge in [0.1, 0.15) is 5.69 Å². The SMILES string of the molecule is O=C(NC1CC1)c1ccc(NCC2(O)CCOCC2)c([N+](=O)[O-])c1. The van der Waals surface area contributed by atoms with Crippen LogP contribution in [0.1, 0.15) is 36.0 Å². The van der Waals surface area contributed by atoms with Crippen LogP contribution < -0.4 is 10.6 Å². The van der Waals surface area contributed by atoms with Crippen LogP contribution >= 0.6 is 0 Å².